The number of phenols is 1. The number of aromatic hydroxyl groups is 1. The summed E-state index contributed by atoms with van der Waals surface area (Å²) in [7, 11) is -4.50. The van der Waals surface area contributed by atoms with Gasteiger partial charge in [-0.2, -0.15) is 8.42 Å². The third-order valence-electron chi connectivity index (χ3n) is 9.30. The van der Waals surface area contributed by atoms with Crippen molar-refractivity contribution in [1.29, 1.82) is 0 Å². The van der Waals surface area contributed by atoms with Gasteiger partial charge in [0.25, 0.3) is 10.1 Å². The molecule has 0 amide bonds. The molecular weight excluding hydrogens is 572 g/mol. The number of hydrogen-bond acceptors (Lipinski definition) is 5. The van der Waals surface area contributed by atoms with Gasteiger partial charge in [0.1, 0.15) is 16.4 Å². The van der Waals surface area contributed by atoms with Gasteiger partial charge in [0.15, 0.2) is 0 Å². The Balaban J connectivity index is 1.33. The highest BCUT2D eigenvalue weighted by molar-refractivity contribution is 7.86. The standard InChI is InChI=1S/C37H26O6S/c38-30-20-22-10-2-1-9-21(22)19-29(30)35-33-25-13-5-7-15-27(25)34(28-16-8-6-14-26(28)33)36(35)37(39)43-31-17-18-32(44(40,41)42)24-12-4-3-11-23(24)31/h1-20,33-36,38H,(H,40,41,42). The number of phenolic OH excluding ortho intramolecular Hbond substituents is 1. The van der Waals surface area contributed by atoms with Crippen molar-refractivity contribution in [3.63, 3.8) is 0 Å². The fourth-order valence-electron chi connectivity index (χ4n) is 7.58. The van der Waals surface area contributed by atoms with E-state index >= 15 is 0 Å². The van der Waals surface area contributed by atoms with Crippen molar-refractivity contribution in [2.24, 2.45) is 5.92 Å². The lowest BCUT2D eigenvalue weighted by atomic mass is 9.52. The molecule has 0 saturated carbocycles. The van der Waals surface area contributed by atoms with Crippen LogP contribution in [-0.4, -0.2) is 24.0 Å². The Morgan fingerprint density at radius 2 is 1.14 bits per heavy atom. The van der Waals surface area contributed by atoms with Gasteiger partial charge >= 0.3 is 5.97 Å². The Bertz CT molecular complexity index is 2210. The third kappa shape index (κ3) is 3.97. The molecule has 6 aromatic rings. The molecule has 2 N–H and O–H groups in total. The fourth-order valence-corrected chi connectivity index (χ4v) is 8.28. The monoisotopic (exact) mass is 598 g/mol. The van der Waals surface area contributed by atoms with Crippen molar-refractivity contribution < 1.29 is 27.6 Å². The van der Waals surface area contributed by atoms with Crippen LogP contribution < -0.4 is 4.74 Å². The number of ether oxygens (including phenoxy) is 1. The highest BCUT2D eigenvalue weighted by Crippen LogP contribution is 2.63. The minimum Gasteiger partial charge on any atom is -0.508 e. The number of benzene rings is 6. The second kappa shape index (κ2) is 9.77. The Morgan fingerprint density at radius 1 is 0.614 bits per heavy atom. The van der Waals surface area contributed by atoms with Crippen molar-refractivity contribution in [3.05, 3.63) is 149 Å². The van der Waals surface area contributed by atoms with Crippen LogP contribution in [0.15, 0.2) is 126 Å². The molecule has 216 valence electrons. The molecule has 2 atom stereocenters. The molecule has 44 heavy (non-hydrogen) atoms. The normalized spacial score (nSPS) is 20.3. The molecule has 2 unspecified atom stereocenters. The van der Waals surface area contributed by atoms with Gasteiger partial charge in [-0.05, 0) is 62.9 Å². The average Bonchev–Trinajstić information content (AvgIpc) is 3.03. The molecular formula is C37H26O6S. The Morgan fingerprint density at radius 3 is 1.75 bits per heavy atom. The molecule has 7 heteroatoms. The quantitative estimate of drug-likeness (QED) is 0.124. The maximum Gasteiger partial charge on any atom is 0.315 e. The zero-order chi connectivity index (χ0) is 30.2. The van der Waals surface area contributed by atoms with Crippen molar-refractivity contribution >= 4 is 37.6 Å². The van der Waals surface area contributed by atoms with E-state index in [0.717, 1.165) is 33.0 Å². The summed E-state index contributed by atoms with van der Waals surface area (Å²) >= 11 is 0. The Hall–Kier alpha value is -4.98. The molecule has 3 aliphatic rings. The van der Waals surface area contributed by atoms with Crippen LogP contribution in [0.25, 0.3) is 21.5 Å². The van der Waals surface area contributed by atoms with E-state index in [-0.39, 0.29) is 33.6 Å². The van der Waals surface area contributed by atoms with Crippen LogP contribution >= 0.6 is 0 Å². The van der Waals surface area contributed by atoms with E-state index < -0.39 is 27.9 Å². The minimum absolute atomic E-state index is 0.122. The van der Waals surface area contributed by atoms with E-state index in [4.69, 9.17) is 4.74 Å². The second-order valence-corrected chi connectivity index (χ2v) is 12.9. The van der Waals surface area contributed by atoms with Crippen LogP contribution in [0.2, 0.25) is 0 Å². The number of rotatable bonds is 4. The molecule has 0 spiro atoms. The van der Waals surface area contributed by atoms with Gasteiger partial charge in [-0.3, -0.25) is 9.35 Å². The van der Waals surface area contributed by atoms with Gasteiger partial charge in [0.05, 0.1) is 5.92 Å². The number of esters is 1. The molecule has 6 aromatic carbocycles. The SMILES string of the molecule is O=C(Oc1ccc(S(=O)(=O)O)c2ccccc12)C1C2c3ccccc3C(c3ccccc32)C1c1cc2ccccc2cc1O. The first kappa shape index (κ1) is 26.6. The maximum absolute atomic E-state index is 14.6. The Kier molecular flexibility index (Phi) is 5.92. The van der Waals surface area contributed by atoms with Crippen LogP contribution in [0.3, 0.4) is 0 Å². The van der Waals surface area contributed by atoms with E-state index in [2.05, 4.69) is 24.3 Å². The van der Waals surface area contributed by atoms with Crippen LogP contribution in [0.1, 0.15) is 45.6 Å². The summed E-state index contributed by atoms with van der Waals surface area (Å²) < 4.78 is 40.2. The zero-order valence-electron chi connectivity index (χ0n) is 23.3. The van der Waals surface area contributed by atoms with Gasteiger partial charge in [-0.15, -0.1) is 0 Å². The van der Waals surface area contributed by atoms with Crippen LogP contribution in [0.5, 0.6) is 11.5 Å². The lowest BCUT2D eigenvalue weighted by Gasteiger charge is -2.50. The summed E-state index contributed by atoms with van der Waals surface area (Å²) in [5, 5.41) is 14.0. The molecule has 0 saturated heterocycles. The first-order valence-corrected chi connectivity index (χ1v) is 15.9. The summed E-state index contributed by atoms with van der Waals surface area (Å²) in [6, 6.07) is 37.2. The molecule has 9 rings (SSSR count). The van der Waals surface area contributed by atoms with E-state index in [9.17, 15) is 22.9 Å². The third-order valence-corrected chi connectivity index (χ3v) is 10.2. The van der Waals surface area contributed by atoms with Gasteiger partial charge in [0.2, 0.25) is 0 Å². The molecule has 0 heterocycles. The van der Waals surface area contributed by atoms with Gasteiger partial charge in [-0.1, -0.05) is 97.1 Å². The summed E-state index contributed by atoms with van der Waals surface area (Å²) in [6.45, 7) is 0. The highest BCUT2D eigenvalue weighted by atomic mass is 32.2. The molecule has 3 aliphatic carbocycles. The number of carbonyl (C=O) groups is 1. The van der Waals surface area contributed by atoms with Crippen molar-refractivity contribution in [2.45, 2.75) is 22.6 Å². The largest absolute Gasteiger partial charge is 0.508 e. The molecule has 0 aromatic heterocycles. The minimum atomic E-state index is -4.50. The lowest BCUT2D eigenvalue weighted by Crippen LogP contribution is -2.43. The predicted octanol–water partition coefficient (Wildman–Crippen LogP) is 7.54. The van der Waals surface area contributed by atoms with Gasteiger partial charge in [0, 0.05) is 28.5 Å². The number of fused-ring (bicyclic) bond motifs is 3. The highest BCUT2D eigenvalue weighted by Gasteiger charge is 2.54. The van der Waals surface area contributed by atoms with Crippen molar-refractivity contribution in [1.82, 2.24) is 0 Å². The number of carbonyl (C=O) groups excluding carboxylic acids is 1. The van der Waals surface area contributed by atoms with Crippen LogP contribution in [0, 0.1) is 5.92 Å². The summed E-state index contributed by atoms with van der Waals surface area (Å²) in [5.41, 5.74) is 5.04. The average molecular weight is 599 g/mol. The first-order valence-electron chi connectivity index (χ1n) is 14.4. The molecule has 2 bridgehead atoms. The van der Waals surface area contributed by atoms with Gasteiger partial charge < -0.3 is 9.84 Å². The van der Waals surface area contributed by atoms with Crippen molar-refractivity contribution in [3.8, 4) is 11.5 Å². The summed E-state index contributed by atoms with van der Waals surface area (Å²) in [6.07, 6.45) is 0. The van der Waals surface area contributed by atoms with E-state index in [1.54, 1.807) is 30.3 Å². The molecule has 0 fully saturated rings. The molecule has 0 aliphatic heterocycles. The molecule has 0 radical (unpaired) electrons. The van der Waals surface area contributed by atoms with Crippen LogP contribution in [-0.2, 0) is 14.9 Å². The summed E-state index contributed by atoms with van der Waals surface area (Å²) in [4.78, 5) is 14.3. The maximum atomic E-state index is 14.6. The summed E-state index contributed by atoms with van der Waals surface area (Å²) in [5.74, 6) is -1.84. The predicted molar refractivity (Wildman–Crippen MR) is 168 cm³/mol. The van der Waals surface area contributed by atoms with E-state index in [1.807, 2.05) is 54.6 Å². The molecule has 6 nitrogen and oxygen atoms in total. The van der Waals surface area contributed by atoms with Crippen molar-refractivity contribution in [2.75, 3.05) is 0 Å². The fraction of sp³-hybridized carbons (Fsp3) is 0.108. The second-order valence-electron chi connectivity index (χ2n) is 11.5. The van der Waals surface area contributed by atoms with E-state index in [1.165, 1.54) is 12.1 Å². The van der Waals surface area contributed by atoms with E-state index in [0.29, 0.717) is 10.9 Å². The topological polar surface area (TPSA) is 101 Å². The Labute approximate surface area is 253 Å². The van der Waals surface area contributed by atoms with Crippen LogP contribution in [0.4, 0.5) is 0 Å². The van der Waals surface area contributed by atoms with Gasteiger partial charge in [-0.25, -0.2) is 0 Å². The number of hydrogen-bond donors (Lipinski definition) is 2. The zero-order valence-corrected chi connectivity index (χ0v) is 24.1. The first-order chi connectivity index (χ1) is 21.3. The lowest BCUT2D eigenvalue weighted by molar-refractivity contribution is -0.141. The smallest absolute Gasteiger partial charge is 0.315 e.